The number of hydrogen-bond acceptors (Lipinski definition) is 6. The summed E-state index contributed by atoms with van der Waals surface area (Å²) >= 11 is 1.45. The maximum absolute atomic E-state index is 13.7. The molecular weight excluding hydrogens is 494 g/mol. The molecule has 5 rings (SSSR count). The van der Waals surface area contributed by atoms with Crippen molar-refractivity contribution in [1.82, 2.24) is 9.29 Å². The number of amides is 1. The number of fused-ring (bicyclic) bond motifs is 1. The predicted molar refractivity (Wildman–Crippen MR) is 142 cm³/mol. The Morgan fingerprint density at radius 2 is 1.81 bits per heavy atom. The number of piperidine rings is 1. The molecule has 1 aliphatic heterocycles. The molecule has 1 aliphatic rings. The fourth-order valence-electron chi connectivity index (χ4n) is 4.37. The van der Waals surface area contributed by atoms with Crippen LogP contribution >= 0.6 is 11.3 Å². The fraction of sp³-hybridized carbons (Fsp3) is 0.333. The number of rotatable bonds is 6. The Kier molecular flexibility index (Phi) is 6.72. The van der Waals surface area contributed by atoms with E-state index in [9.17, 15) is 13.2 Å². The number of benzene rings is 2. The lowest BCUT2D eigenvalue weighted by molar-refractivity contribution is 0.0983. The van der Waals surface area contributed by atoms with Crippen molar-refractivity contribution in [2.75, 3.05) is 18.0 Å². The standard InChI is InChI=1S/C27H29N3O4S2/c1-18-10-12-29(13-11-18)36(32,33)23-8-6-21(7-9-23)26(31)30(17-22-5-4-14-34-22)27-28-24-15-19(2)20(3)16-25(24)35-27/h4-9,14-16,18H,10-13,17H2,1-3H3. The van der Waals surface area contributed by atoms with Crippen LogP contribution in [0.3, 0.4) is 0 Å². The Morgan fingerprint density at radius 3 is 2.47 bits per heavy atom. The van der Waals surface area contributed by atoms with Gasteiger partial charge in [0.05, 0.1) is 27.9 Å². The number of nitrogens with zero attached hydrogens (tertiary/aromatic N) is 3. The molecule has 0 bridgehead atoms. The molecule has 4 aromatic rings. The van der Waals surface area contributed by atoms with Gasteiger partial charge in [-0.05, 0) is 92.3 Å². The third-order valence-electron chi connectivity index (χ3n) is 6.84. The first-order chi connectivity index (χ1) is 17.2. The molecule has 9 heteroatoms. The molecule has 0 aliphatic carbocycles. The van der Waals surface area contributed by atoms with E-state index < -0.39 is 10.0 Å². The van der Waals surface area contributed by atoms with E-state index in [1.807, 2.05) is 19.1 Å². The minimum atomic E-state index is -3.58. The Labute approximate surface area is 215 Å². The van der Waals surface area contributed by atoms with Crippen molar-refractivity contribution in [3.63, 3.8) is 0 Å². The molecule has 2 aromatic heterocycles. The summed E-state index contributed by atoms with van der Waals surface area (Å²) in [7, 11) is -3.58. The van der Waals surface area contributed by atoms with E-state index in [4.69, 9.17) is 9.40 Å². The molecule has 0 spiro atoms. The Balaban J connectivity index is 1.45. The molecule has 3 heterocycles. The lowest BCUT2D eigenvalue weighted by atomic mass is 10.0. The predicted octanol–water partition coefficient (Wildman–Crippen LogP) is 5.77. The maximum Gasteiger partial charge on any atom is 0.260 e. The van der Waals surface area contributed by atoms with Gasteiger partial charge >= 0.3 is 0 Å². The first kappa shape index (κ1) is 24.7. The maximum atomic E-state index is 13.7. The Hall–Kier alpha value is -3.01. The van der Waals surface area contributed by atoms with Crippen LogP contribution in [0.2, 0.25) is 0 Å². The van der Waals surface area contributed by atoms with E-state index in [0.29, 0.717) is 35.5 Å². The van der Waals surface area contributed by atoms with Crippen LogP contribution in [0, 0.1) is 19.8 Å². The number of sulfonamides is 1. The van der Waals surface area contributed by atoms with Gasteiger partial charge in [0.25, 0.3) is 5.91 Å². The van der Waals surface area contributed by atoms with Gasteiger partial charge < -0.3 is 4.42 Å². The zero-order valence-electron chi connectivity index (χ0n) is 20.6. The molecule has 0 radical (unpaired) electrons. The molecule has 1 saturated heterocycles. The van der Waals surface area contributed by atoms with Crippen molar-refractivity contribution in [3.05, 3.63) is 77.2 Å². The van der Waals surface area contributed by atoms with E-state index in [-0.39, 0.29) is 17.3 Å². The summed E-state index contributed by atoms with van der Waals surface area (Å²) in [5.74, 6) is 0.898. The van der Waals surface area contributed by atoms with E-state index >= 15 is 0 Å². The number of carbonyl (C=O) groups is 1. The number of anilines is 1. The van der Waals surface area contributed by atoms with Crippen molar-refractivity contribution in [2.24, 2.45) is 5.92 Å². The summed E-state index contributed by atoms with van der Waals surface area (Å²) in [6.07, 6.45) is 3.29. The number of thiazole rings is 1. The second-order valence-corrected chi connectivity index (χ2v) is 12.4. The molecule has 0 unspecified atom stereocenters. The molecule has 2 aromatic carbocycles. The second-order valence-electron chi connectivity index (χ2n) is 9.48. The largest absolute Gasteiger partial charge is 0.467 e. The summed E-state index contributed by atoms with van der Waals surface area (Å²) in [4.78, 5) is 20.2. The monoisotopic (exact) mass is 523 g/mol. The van der Waals surface area contributed by atoms with Gasteiger partial charge in [-0.2, -0.15) is 4.31 Å². The van der Waals surface area contributed by atoms with Crippen molar-refractivity contribution in [2.45, 2.75) is 45.1 Å². The lowest BCUT2D eigenvalue weighted by Crippen LogP contribution is -2.37. The summed E-state index contributed by atoms with van der Waals surface area (Å²) in [6.45, 7) is 7.51. The lowest BCUT2D eigenvalue weighted by Gasteiger charge is -2.29. The van der Waals surface area contributed by atoms with Crippen LogP contribution in [-0.4, -0.2) is 36.7 Å². The van der Waals surface area contributed by atoms with Gasteiger partial charge in [0.1, 0.15) is 5.76 Å². The Bertz CT molecular complexity index is 1450. The number of aromatic nitrogens is 1. The van der Waals surface area contributed by atoms with Crippen LogP contribution in [0.1, 0.15) is 47.0 Å². The van der Waals surface area contributed by atoms with Crippen molar-refractivity contribution in [1.29, 1.82) is 0 Å². The summed E-state index contributed by atoms with van der Waals surface area (Å²) in [5.41, 5.74) is 3.54. The SMILES string of the molecule is Cc1cc2nc(N(Cc3ccco3)C(=O)c3ccc(S(=O)(=O)N4CCC(C)CC4)cc3)sc2cc1C. The van der Waals surface area contributed by atoms with Gasteiger partial charge in [-0.15, -0.1) is 0 Å². The molecule has 0 saturated carbocycles. The van der Waals surface area contributed by atoms with Gasteiger partial charge in [0, 0.05) is 18.7 Å². The van der Waals surface area contributed by atoms with Crippen LogP contribution in [-0.2, 0) is 16.6 Å². The van der Waals surface area contributed by atoms with E-state index in [1.54, 1.807) is 29.4 Å². The number of aryl methyl sites for hydroxylation is 2. The number of carbonyl (C=O) groups excluding carboxylic acids is 1. The number of hydrogen-bond donors (Lipinski definition) is 0. The molecule has 188 valence electrons. The zero-order chi connectivity index (χ0) is 25.4. The van der Waals surface area contributed by atoms with Gasteiger partial charge in [-0.25, -0.2) is 13.4 Å². The molecule has 36 heavy (non-hydrogen) atoms. The second kappa shape index (κ2) is 9.80. The van der Waals surface area contributed by atoms with Crippen LogP contribution in [0.4, 0.5) is 5.13 Å². The average Bonchev–Trinajstić information content (AvgIpc) is 3.52. The third-order valence-corrected chi connectivity index (χ3v) is 9.80. The summed E-state index contributed by atoms with van der Waals surface area (Å²) < 4.78 is 34.3. The quantitative estimate of drug-likeness (QED) is 0.320. The van der Waals surface area contributed by atoms with Crippen LogP contribution in [0.25, 0.3) is 10.2 Å². The van der Waals surface area contributed by atoms with Gasteiger partial charge in [-0.3, -0.25) is 9.69 Å². The van der Waals surface area contributed by atoms with Crippen LogP contribution in [0.15, 0.2) is 64.1 Å². The first-order valence-electron chi connectivity index (χ1n) is 12.0. The molecule has 0 atom stereocenters. The van der Waals surface area contributed by atoms with E-state index in [2.05, 4.69) is 19.9 Å². The fourth-order valence-corrected chi connectivity index (χ4v) is 6.88. The van der Waals surface area contributed by atoms with Gasteiger partial charge in [0.2, 0.25) is 10.0 Å². The van der Waals surface area contributed by atoms with Crippen molar-refractivity contribution in [3.8, 4) is 0 Å². The highest BCUT2D eigenvalue weighted by atomic mass is 32.2. The average molecular weight is 524 g/mol. The highest BCUT2D eigenvalue weighted by Crippen LogP contribution is 2.33. The van der Waals surface area contributed by atoms with Crippen LogP contribution < -0.4 is 4.90 Å². The smallest absolute Gasteiger partial charge is 0.260 e. The highest BCUT2D eigenvalue weighted by molar-refractivity contribution is 7.89. The summed E-state index contributed by atoms with van der Waals surface area (Å²) in [5, 5.41) is 0.565. The molecule has 1 fully saturated rings. The van der Waals surface area contributed by atoms with E-state index in [1.165, 1.54) is 33.3 Å². The van der Waals surface area contributed by atoms with Gasteiger partial charge in [-0.1, -0.05) is 18.3 Å². The van der Waals surface area contributed by atoms with E-state index in [0.717, 1.165) is 28.6 Å². The minimum Gasteiger partial charge on any atom is -0.467 e. The third kappa shape index (κ3) is 4.83. The molecule has 1 amide bonds. The van der Waals surface area contributed by atoms with Crippen LogP contribution in [0.5, 0.6) is 0 Å². The first-order valence-corrected chi connectivity index (χ1v) is 14.3. The highest BCUT2D eigenvalue weighted by Gasteiger charge is 2.29. The normalized spacial score (nSPS) is 15.4. The topological polar surface area (TPSA) is 83.7 Å². The zero-order valence-corrected chi connectivity index (χ0v) is 22.2. The Morgan fingerprint density at radius 1 is 1.11 bits per heavy atom. The van der Waals surface area contributed by atoms with Gasteiger partial charge in [0.15, 0.2) is 5.13 Å². The van der Waals surface area contributed by atoms with Crippen molar-refractivity contribution >= 4 is 42.6 Å². The van der Waals surface area contributed by atoms with Crippen molar-refractivity contribution < 1.29 is 17.6 Å². The molecule has 0 N–H and O–H groups in total. The minimum absolute atomic E-state index is 0.206. The summed E-state index contributed by atoms with van der Waals surface area (Å²) in [6, 6.07) is 13.9. The molecule has 7 nitrogen and oxygen atoms in total. The molecular formula is C27H29N3O4S2. The number of furan rings is 1.